The number of nitrogens with zero attached hydrogens (tertiary/aromatic N) is 5. The number of methoxy groups -OCH3 is 1. The number of aromatic nitrogens is 5. The zero-order valence-corrected chi connectivity index (χ0v) is 16.2. The van der Waals surface area contributed by atoms with E-state index in [1.165, 1.54) is 9.13 Å². The molecule has 0 aliphatic heterocycles. The van der Waals surface area contributed by atoms with Gasteiger partial charge in [0.2, 0.25) is 5.78 Å². The van der Waals surface area contributed by atoms with Crippen LogP contribution in [-0.2, 0) is 24.9 Å². The fourth-order valence-electron chi connectivity index (χ4n) is 3.48. The second-order valence-electron chi connectivity index (χ2n) is 6.74. The lowest BCUT2D eigenvalue weighted by Gasteiger charge is -2.08. The minimum atomic E-state index is -0.308. The summed E-state index contributed by atoms with van der Waals surface area (Å²) in [6.45, 7) is 7.70. The molecule has 3 rings (SSSR count). The molecule has 3 aromatic heterocycles. The van der Waals surface area contributed by atoms with Crippen LogP contribution in [0.1, 0.15) is 37.6 Å². The van der Waals surface area contributed by atoms with Crippen LogP contribution in [0.15, 0.2) is 9.59 Å². The van der Waals surface area contributed by atoms with Gasteiger partial charge in [-0.1, -0.05) is 19.8 Å². The van der Waals surface area contributed by atoms with E-state index in [1.807, 2.05) is 22.8 Å². The standard InChI is InChI=1S/C18H27N5O3/c1-6-7-8-9-22-16(24)14-15(20(4)18(22)25)19-17-21(10-11-26-5)12(2)13(3)23(14)17/h6-11H2,1-5H3. The van der Waals surface area contributed by atoms with Crippen molar-refractivity contribution in [2.75, 3.05) is 13.7 Å². The second-order valence-corrected chi connectivity index (χ2v) is 6.74. The predicted octanol–water partition coefficient (Wildman–Crippen LogP) is 1.60. The van der Waals surface area contributed by atoms with Crippen molar-refractivity contribution >= 4 is 16.9 Å². The normalized spacial score (nSPS) is 11.9. The van der Waals surface area contributed by atoms with Crippen LogP contribution in [0, 0.1) is 13.8 Å². The van der Waals surface area contributed by atoms with E-state index in [0.717, 1.165) is 30.7 Å². The molecule has 8 heteroatoms. The summed E-state index contributed by atoms with van der Waals surface area (Å²) in [5.41, 5.74) is 2.31. The summed E-state index contributed by atoms with van der Waals surface area (Å²) in [4.78, 5) is 30.4. The van der Waals surface area contributed by atoms with Crippen molar-refractivity contribution in [2.45, 2.75) is 53.1 Å². The fraction of sp³-hybridized carbons (Fsp3) is 0.611. The number of hydrogen-bond acceptors (Lipinski definition) is 4. The molecule has 0 aliphatic rings. The van der Waals surface area contributed by atoms with Crippen LogP contribution in [0.25, 0.3) is 16.9 Å². The lowest BCUT2D eigenvalue weighted by Crippen LogP contribution is -2.39. The number of rotatable bonds is 7. The van der Waals surface area contributed by atoms with Gasteiger partial charge in [-0.05, 0) is 20.3 Å². The third-order valence-electron chi connectivity index (χ3n) is 5.13. The smallest absolute Gasteiger partial charge is 0.332 e. The summed E-state index contributed by atoms with van der Waals surface area (Å²) in [7, 11) is 3.33. The Morgan fingerprint density at radius 3 is 2.42 bits per heavy atom. The van der Waals surface area contributed by atoms with Gasteiger partial charge in [0.1, 0.15) is 0 Å². The summed E-state index contributed by atoms with van der Waals surface area (Å²) >= 11 is 0. The molecule has 0 aromatic carbocycles. The van der Waals surface area contributed by atoms with Gasteiger partial charge in [0, 0.05) is 38.6 Å². The summed E-state index contributed by atoms with van der Waals surface area (Å²) in [6, 6.07) is 0. The molecule has 3 heterocycles. The van der Waals surface area contributed by atoms with E-state index in [9.17, 15) is 9.59 Å². The third kappa shape index (κ3) is 2.68. The number of ether oxygens (including phenoxy) is 1. The van der Waals surface area contributed by atoms with E-state index < -0.39 is 0 Å². The number of hydrogen-bond donors (Lipinski definition) is 0. The molecule has 0 amide bonds. The van der Waals surface area contributed by atoms with E-state index in [4.69, 9.17) is 4.74 Å². The largest absolute Gasteiger partial charge is 0.383 e. The molecule has 0 saturated heterocycles. The first-order valence-electron chi connectivity index (χ1n) is 9.10. The lowest BCUT2D eigenvalue weighted by atomic mass is 10.2. The highest BCUT2D eigenvalue weighted by atomic mass is 16.5. The molecule has 0 atom stereocenters. The Labute approximate surface area is 151 Å². The molecule has 0 saturated carbocycles. The van der Waals surface area contributed by atoms with Crippen LogP contribution in [0.2, 0.25) is 0 Å². The van der Waals surface area contributed by atoms with Crippen LogP contribution in [0.5, 0.6) is 0 Å². The topological polar surface area (TPSA) is 75.5 Å². The van der Waals surface area contributed by atoms with Crippen molar-refractivity contribution < 1.29 is 4.74 Å². The average molecular weight is 361 g/mol. The van der Waals surface area contributed by atoms with Gasteiger partial charge in [0.05, 0.1) is 6.61 Å². The Kier molecular flexibility index (Phi) is 5.04. The zero-order valence-electron chi connectivity index (χ0n) is 16.2. The monoisotopic (exact) mass is 361 g/mol. The van der Waals surface area contributed by atoms with Gasteiger partial charge in [0.25, 0.3) is 5.56 Å². The van der Waals surface area contributed by atoms with Gasteiger partial charge in [-0.25, -0.2) is 4.79 Å². The molecule has 0 radical (unpaired) electrons. The molecule has 8 nitrogen and oxygen atoms in total. The van der Waals surface area contributed by atoms with Gasteiger partial charge >= 0.3 is 5.69 Å². The Morgan fingerprint density at radius 1 is 1.04 bits per heavy atom. The average Bonchev–Trinajstić information content (AvgIpc) is 3.12. The predicted molar refractivity (Wildman–Crippen MR) is 101 cm³/mol. The van der Waals surface area contributed by atoms with E-state index in [-0.39, 0.29) is 11.2 Å². The molecule has 0 N–H and O–H groups in total. The highest BCUT2D eigenvalue weighted by molar-refractivity contribution is 5.76. The number of aryl methyl sites for hydroxylation is 2. The molecule has 0 aliphatic carbocycles. The molecule has 0 bridgehead atoms. The fourth-order valence-corrected chi connectivity index (χ4v) is 3.48. The molecule has 0 fully saturated rings. The van der Waals surface area contributed by atoms with E-state index >= 15 is 0 Å². The first kappa shape index (κ1) is 18.4. The minimum absolute atomic E-state index is 0.265. The van der Waals surface area contributed by atoms with Gasteiger partial charge in [-0.3, -0.25) is 18.3 Å². The van der Waals surface area contributed by atoms with E-state index in [0.29, 0.717) is 36.6 Å². The number of unbranched alkanes of at least 4 members (excludes halogenated alkanes) is 2. The molecule has 26 heavy (non-hydrogen) atoms. The molecule has 0 spiro atoms. The highest BCUT2D eigenvalue weighted by Gasteiger charge is 2.22. The minimum Gasteiger partial charge on any atom is -0.383 e. The van der Waals surface area contributed by atoms with Crippen LogP contribution >= 0.6 is 0 Å². The maximum absolute atomic E-state index is 13.1. The summed E-state index contributed by atoms with van der Waals surface area (Å²) in [5, 5.41) is 0. The van der Waals surface area contributed by atoms with Crippen LogP contribution in [0.4, 0.5) is 0 Å². The van der Waals surface area contributed by atoms with Gasteiger partial charge in [0.15, 0.2) is 11.2 Å². The van der Waals surface area contributed by atoms with Crippen molar-refractivity contribution in [1.29, 1.82) is 0 Å². The summed E-state index contributed by atoms with van der Waals surface area (Å²) in [6.07, 6.45) is 2.84. The maximum Gasteiger partial charge on any atom is 0.332 e. The maximum atomic E-state index is 13.1. The first-order valence-corrected chi connectivity index (χ1v) is 9.10. The second kappa shape index (κ2) is 7.11. The molecule has 3 aromatic rings. The van der Waals surface area contributed by atoms with Crippen LogP contribution in [0.3, 0.4) is 0 Å². The Hall–Kier alpha value is -2.35. The summed E-state index contributed by atoms with van der Waals surface area (Å²) in [5.74, 6) is 0.672. The van der Waals surface area contributed by atoms with Crippen LogP contribution < -0.4 is 11.2 Å². The van der Waals surface area contributed by atoms with Crippen molar-refractivity contribution in [3.8, 4) is 0 Å². The Morgan fingerprint density at radius 2 is 1.77 bits per heavy atom. The molecular formula is C18H27N5O3. The lowest BCUT2D eigenvalue weighted by molar-refractivity contribution is 0.187. The summed E-state index contributed by atoms with van der Waals surface area (Å²) < 4.78 is 11.9. The third-order valence-corrected chi connectivity index (χ3v) is 5.13. The molecular weight excluding hydrogens is 334 g/mol. The van der Waals surface area contributed by atoms with Crippen LogP contribution in [-0.4, -0.2) is 36.8 Å². The van der Waals surface area contributed by atoms with Gasteiger partial charge in [-0.15, -0.1) is 0 Å². The SMILES string of the molecule is CCCCCn1c(=O)c2c(nc3n(CCOC)c(C)c(C)n23)n(C)c1=O. The van der Waals surface area contributed by atoms with Gasteiger partial charge in [-0.2, -0.15) is 4.98 Å². The quantitative estimate of drug-likeness (QED) is 0.599. The molecule has 0 unspecified atom stereocenters. The van der Waals surface area contributed by atoms with E-state index in [1.54, 1.807) is 14.2 Å². The van der Waals surface area contributed by atoms with Crippen molar-refractivity contribution in [3.63, 3.8) is 0 Å². The van der Waals surface area contributed by atoms with Crippen molar-refractivity contribution in [2.24, 2.45) is 7.05 Å². The van der Waals surface area contributed by atoms with Crippen molar-refractivity contribution in [3.05, 3.63) is 32.2 Å². The van der Waals surface area contributed by atoms with Crippen molar-refractivity contribution in [1.82, 2.24) is 23.1 Å². The highest BCUT2D eigenvalue weighted by Crippen LogP contribution is 2.20. The zero-order chi connectivity index (χ0) is 19.0. The number of fused-ring (bicyclic) bond motifs is 3. The molecule has 142 valence electrons. The van der Waals surface area contributed by atoms with Gasteiger partial charge < -0.3 is 9.30 Å². The Bertz CT molecular complexity index is 1070. The number of imidazole rings is 2. The first-order chi connectivity index (χ1) is 12.4. The van der Waals surface area contributed by atoms with E-state index in [2.05, 4.69) is 11.9 Å². The Balaban J connectivity index is 2.32.